The average molecular weight is 517 g/mol. The number of aromatic nitrogens is 1. The summed E-state index contributed by atoms with van der Waals surface area (Å²) >= 11 is 0. The molecule has 2 aromatic carbocycles. The van der Waals surface area contributed by atoms with E-state index >= 15 is 0 Å². The van der Waals surface area contributed by atoms with Crippen molar-refractivity contribution in [1.29, 1.82) is 0 Å². The summed E-state index contributed by atoms with van der Waals surface area (Å²) in [6, 6.07) is 10.0. The number of nitrogens with one attached hydrogen (secondary N) is 2. The molecule has 36 heavy (non-hydrogen) atoms. The minimum absolute atomic E-state index is 0.0111. The Hall–Kier alpha value is -3.90. The van der Waals surface area contributed by atoms with E-state index in [0.29, 0.717) is 5.75 Å². The van der Waals surface area contributed by atoms with Gasteiger partial charge in [0.2, 0.25) is 0 Å². The minimum Gasteiger partial charge on any atom is -0.497 e. The normalized spacial score (nSPS) is 11.8. The highest BCUT2D eigenvalue weighted by Crippen LogP contribution is 2.37. The number of alkyl halides is 6. The van der Waals surface area contributed by atoms with Crippen LogP contribution >= 0.6 is 0 Å². The fourth-order valence-electron chi connectivity index (χ4n) is 3.20. The summed E-state index contributed by atoms with van der Waals surface area (Å²) in [7, 11) is 1.50. The molecule has 0 aliphatic carbocycles. The molecule has 0 fully saturated rings. The summed E-state index contributed by atoms with van der Waals surface area (Å²) in [5.74, 6) is -1.18. The lowest BCUT2D eigenvalue weighted by Crippen LogP contribution is -2.22. The molecule has 7 nitrogen and oxygen atoms in total. The Morgan fingerprint density at radius 3 is 2.28 bits per heavy atom. The molecule has 0 spiro atoms. The lowest BCUT2D eigenvalue weighted by atomic mass is 10.1. The molecule has 1 aromatic heterocycles. The van der Waals surface area contributed by atoms with E-state index in [2.05, 4.69) is 15.0 Å². The summed E-state index contributed by atoms with van der Waals surface area (Å²) in [5, 5.41) is 5.02. The summed E-state index contributed by atoms with van der Waals surface area (Å²) in [4.78, 5) is 16.3. The molecule has 194 valence electrons. The van der Waals surface area contributed by atoms with Gasteiger partial charge in [0.05, 0.1) is 13.7 Å². The molecule has 0 radical (unpaired) electrons. The van der Waals surface area contributed by atoms with E-state index in [0.717, 1.165) is 11.6 Å². The maximum Gasteiger partial charge on any atom is 0.573 e. The number of rotatable bonds is 9. The summed E-state index contributed by atoms with van der Waals surface area (Å²) in [6.07, 6.45) is -9.80. The van der Waals surface area contributed by atoms with Gasteiger partial charge in [0, 0.05) is 29.4 Å². The fourth-order valence-corrected chi connectivity index (χ4v) is 3.20. The zero-order chi connectivity index (χ0) is 26.5. The smallest absolute Gasteiger partial charge is 0.497 e. The number of benzene rings is 2. The highest BCUT2D eigenvalue weighted by atomic mass is 19.4. The van der Waals surface area contributed by atoms with Crippen molar-refractivity contribution in [3.63, 3.8) is 0 Å². The topological polar surface area (TPSA) is 81.7 Å². The summed E-state index contributed by atoms with van der Waals surface area (Å²) in [5.41, 5.74) is -0.132. The van der Waals surface area contributed by atoms with Crippen molar-refractivity contribution >= 4 is 28.2 Å². The number of hydrogen-bond donors (Lipinski definition) is 2. The van der Waals surface area contributed by atoms with E-state index in [9.17, 15) is 31.1 Å². The van der Waals surface area contributed by atoms with Crippen LogP contribution in [0.5, 0.6) is 11.5 Å². The van der Waals surface area contributed by atoms with Gasteiger partial charge in [-0.05, 0) is 36.8 Å². The molecule has 0 aliphatic heterocycles. The average Bonchev–Trinajstić information content (AvgIpc) is 2.80. The number of carbonyl (C=O) groups excluding carboxylic acids is 1. The van der Waals surface area contributed by atoms with Crippen molar-refractivity contribution in [2.45, 2.75) is 26.0 Å². The summed E-state index contributed by atoms with van der Waals surface area (Å²) < 4.78 is 91.6. The second kappa shape index (κ2) is 10.8. The van der Waals surface area contributed by atoms with Crippen LogP contribution in [0.3, 0.4) is 0 Å². The molecule has 13 heteroatoms. The Labute approximate surface area is 201 Å². The fraction of sp³-hybridized carbons (Fsp3) is 0.304. The van der Waals surface area contributed by atoms with Crippen LogP contribution in [-0.2, 0) is 11.3 Å². The molecule has 3 rings (SSSR count). The van der Waals surface area contributed by atoms with Gasteiger partial charge in [0.25, 0.3) is 0 Å². The first-order valence-electron chi connectivity index (χ1n) is 10.5. The van der Waals surface area contributed by atoms with Gasteiger partial charge in [-0.3, -0.25) is 0 Å². The molecular formula is C23H21F6N3O4. The Balaban J connectivity index is 2.12. The number of carbonyl (C=O) groups is 1. The van der Waals surface area contributed by atoms with E-state index in [4.69, 9.17) is 9.47 Å². The number of halogens is 6. The van der Waals surface area contributed by atoms with E-state index in [1.165, 1.54) is 19.2 Å². The van der Waals surface area contributed by atoms with Gasteiger partial charge in [0.15, 0.2) is 11.4 Å². The molecule has 0 saturated heterocycles. The second-order valence-corrected chi connectivity index (χ2v) is 7.36. The van der Waals surface area contributed by atoms with Gasteiger partial charge in [-0.15, -0.1) is 13.2 Å². The second-order valence-electron chi connectivity index (χ2n) is 7.36. The van der Waals surface area contributed by atoms with Gasteiger partial charge in [-0.2, -0.15) is 13.2 Å². The van der Waals surface area contributed by atoms with Gasteiger partial charge >= 0.3 is 18.5 Å². The number of methoxy groups -OCH3 is 1. The van der Waals surface area contributed by atoms with Gasteiger partial charge < -0.3 is 24.8 Å². The predicted octanol–water partition coefficient (Wildman–Crippen LogP) is 5.91. The van der Waals surface area contributed by atoms with Crippen molar-refractivity contribution in [3.05, 3.63) is 53.7 Å². The Morgan fingerprint density at radius 2 is 1.69 bits per heavy atom. The highest BCUT2D eigenvalue weighted by molar-refractivity contribution is 6.01. The van der Waals surface area contributed by atoms with Crippen LogP contribution in [0.15, 0.2) is 42.5 Å². The predicted molar refractivity (Wildman–Crippen MR) is 119 cm³/mol. The first kappa shape index (κ1) is 26.7. The van der Waals surface area contributed by atoms with E-state index in [1.807, 2.05) is 5.32 Å². The number of fused-ring (bicyclic) bond motifs is 1. The van der Waals surface area contributed by atoms with Crippen molar-refractivity contribution in [1.82, 2.24) is 4.98 Å². The molecule has 1 heterocycles. The zero-order valence-electron chi connectivity index (χ0n) is 19.0. The number of anilines is 2. The molecule has 0 atom stereocenters. The van der Waals surface area contributed by atoms with Crippen molar-refractivity contribution < 1.29 is 45.3 Å². The summed E-state index contributed by atoms with van der Waals surface area (Å²) in [6.45, 7) is 0.186. The molecule has 3 aromatic rings. The van der Waals surface area contributed by atoms with Gasteiger partial charge in [0.1, 0.15) is 17.8 Å². The molecule has 0 bridgehead atoms. The molecule has 0 amide bonds. The third-order valence-electron chi connectivity index (χ3n) is 4.72. The van der Waals surface area contributed by atoms with E-state index < -0.39 is 36.3 Å². The van der Waals surface area contributed by atoms with Crippen LogP contribution in [0.4, 0.5) is 37.7 Å². The Kier molecular flexibility index (Phi) is 8.00. The van der Waals surface area contributed by atoms with Crippen LogP contribution in [0.2, 0.25) is 0 Å². The number of hydrogen-bond acceptors (Lipinski definition) is 7. The van der Waals surface area contributed by atoms with Crippen molar-refractivity contribution in [2.75, 3.05) is 30.9 Å². The lowest BCUT2D eigenvalue weighted by molar-refractivity contribution is -0.274. The Bertz CT molecular complexity index is 1210. The lowest BCUT2D eigenvalue weighted by Gasteiger charge is -2.18. The Morgan fingerprint density at radius 1 is 1.00 bits per heavy atom. The van der Waals surface area contributed by atoms with E-state index in [-0.39, 0.29) is 35.6 Å². The van der Waals surface area contributed by atoms with Crippen LogP contribution < -0.4 is 20.1 Å². The molecule has 2 N–H and O–H groups in total. The van der Waals surface area contributed by atoms with Crippen molar-refractivity contribution in [3.8, 4) is 11.5 Å². The maximum atomic E-state index is 13.1. The highest BCUT2D eigenvalue weighted by Gasteiger charge is 2.33. The van der Waals surface area contributed by atoms with E-state index in [1.54, 1.807) is 31.2 Å². The van der Waals surface area contributed by atoms with Gasteiger partial charge in [-0.25, -0.2) is 9.78 Å². The quantitative estimate of drug-likeness (QED) is 0.270. The zero-order valence-corrected chi connectivity index (χ0v) is 19.0. The molecule has 0 aliphatic rings. The number of nitrogens with zero attached hydrogens (tertiary/aromatic N) is 1. The first-order valence-corrected chi connectivity index (χ1v) is 10.5. The monoisotopic (exact) mass is 517 g/mol. The van der Waals surface area contributed by atoms with Gasteiger partial charge in [-0.1, -0.05) is 12.1 Å². The van der Waals surface area contributed by atoms with Crippen LogP contribution in [0.1, 0.15) is 23.0 Å². The largest absolute Gasteiger partial charge is 0.573 e. The molecule has 0 unspecified atom stereocenters. The third kappa shape index (κ3) is 7.30. The minimum atomic E-state index is -5.17. The first-order chi connectivity index (χ1) is 16.9. The number of ether oxygens (including phenoxy) is 3. The maximum absolute atomic E-state index is 13.1. The van der Waals surface area contributed by atoms with Crippen LogP contribution in [-0.4, -0.2) is 43.8 Å². The molecule has 0 saturated carbocycles. The number of pyridine rings is 1. The molecular weight excluding hydrogens is 496 g/mol. The van der Waals surface area contributed by atoms with Crippen LogP contribution in [0, 0.1) is 0 Å². The third-order valence-corrected chi connectivity index (χ3v) is 4.72. The SMILES string of the molecule is CCOC(=O)c1cc(NCc2ccc(OC)cc2)c2cc(NCC(F)(F)F)cc(OC(F)(F)F)c2n1. The standard InChI is InChI=1S/C23H21F6N3O4/c1-3-35-21(33)18-10-17(30-11-13-4-6-15(34-2)7-5-13)16-8-14(31-12-22(24,25)26)9-19(20(16)32-18)36-23(27,28)29/h4-10,31H,3,11-12H2,1-2H3,(H,30,32). The van der Waals surface area contributed by atoms with Crippen LogP contribution in [0.25, 0.3) is 10.9 Å². The van der Waals surface area contributed by atoms with Crippen molar-refractivity contribution in [2.24, 2.45) is 0 Å². The number of esters is 1.